The third-order valence-electron chi connectivity index (χ3n) is 3.25. The number of hydrogen-bond donors (Lipinski definition) is 0. The van der Waals surface area contributed by atoms with E-state index in [-0.39, 0.29) is 0 Å². The molecule has 0 aliphatic carbocycles. The van der Waals surface area contributed by atoms with E-state index in [1.54, 1.807) is 43.3 Å². The summed E-state index contributed by atoms with van der Waals surface area (Å²) < 4.78 is 22.2. The number of hydrogen-bond acceptors (Lipinski definition) is 5. The first kappa shape index (κ1) is 15.9. The van der Waals surface area contributed by atoms with Gasteiger partial charge in [-0.1, -0.05) is 6.58 Å². The van der Waals surface area contributed by atoms with Crippen molar-refractivity contribution in [2.45, 2.75) is 26.6 Å². The van der Waals surface area contributed by atoms with Crippen molar-refractivity contribution in [3.8, 4) is 28.7 Å². The quantitative estimate of drug-likeness (QED) is 0.471. The summed E-state index contributed by atoms with van der Waals surface area (Å²) in [5.41, 5.74) is 0.346. The van der Waals surface area contributed by atoms with E-state index < -0.39 is 11.8 Å². The van der Waals surface area contributed by atoms with Crippen LogP contribution in [0.25, 0.3) is 0 Å². The molecule has 0 saturated carbocycles. The Labute approximate surface area is 140 Å². The molecule has 0 radical (unpaired) electrons. The number of fused-ring (bicyclic) bond motifs is 1. The lowest BCUT2D eigenvalue weighted by molar-refractivity contribution is -0.130. The minimum Gasteiger partial charge on any atom is -0.457 e. The minimum absolute atomic E-state index is 0.346. The Bertz CT molecular complexity index is 790. The van der Waals surface area contributed by atoms with Gasteiger partial charge in [0.1, 0.15) is 17.2 Å². The van der Waals surface area contributed by atoms with E-state index in [0.29, 0.717) is 34.3 Å². The molecule has 0 saturated heterocycles. The van der Waals surface area contributed by atoms with Gasteiger partial charge >= 0.3 is 5.97 Å². The Balaban J connectivity index is 1.69. The lowest BCUT2D eigenvalue weighted by Gasteiger charge is -2.16. The van der Waals surface area contributed by atoms with Crippen molar-refractivity contribution < 1.29 is 23.7 Å². The normalized spacial score (nSPS) is 14.1. The van der Waals surface area contributed by atoms with Gasteiger partial charge in [-0.2, -0.15) is 0 Å². The monoisotopic (exact) mass is 326 g/mol. The summed E-state index contributed by atoms with van der Waals surface area (Å²) in [5, 5.41) is 0. The number of ether oxygens (including phenoxy) is 4. The van der Waals surface area contributed by atoms with E-state index in [1.165, 1.54) is 0 Å². The second-order valence-electron chi connectivity index (χ2n) is 5.96. The molecule has 0 amide bonds. The second-order valence-corrected chi connectivity index (χ2v) is 5.96. The molecular formula is C19H18O5. The van der Waals surface area contributed by atoms with Crippen LogP contribution in [0.1, 0.15) is 20.8 Å². The summed E-state index contributed by atoms with van der Waals surface area (Å²) in [4.78, 5) is 11.5. The van der Waals surface area contributed by atoms with Crippen molar-refractivity contribution in [2.24, 2.45) is 0 Å². The van der Waals surface area contributed by atoms with E-state index in [1.807, 2.05) is 19.9 Å². The lowest BCUT2D eigenvalue weighted by atomic mass is 10.3. The minimum atomic E-state index is -0.671. The van der Waals surface area contributed by atoms with Gasteiger partial charge in [0.05, 0.1) is 0 Å². The van der Waals surface area contributed by atoms with Crippen LogP contribution in [-0.4, -0.2) is 11.8 Å². The van der Waals surface area contributed by atoms with Crippen LogP contribution in [0.4, 0.5) is 0 Å². The zero-order chi connectivity index (χ0) is 17.3. The van der Waals surface area contributed by atoms with E-state index in [2.05, 4.69) is 6.58 Å². The van der Waals surface area contributed by atoms with E-state index in [4.69, 9.17) is 18.9 Å². The first-order chi connectivity index (χ1) is 11.3. The zero-order valence-electron chi connectivity index (χ0n) is 13.8. The van der Waals surface area contributed by atoms with Crippen LogP contribution in [0.3, 0.4) is 0 Å². The maximum atomic E-state index is 11.5. The third kappa shape index (κ3) is 3.51. The molecule has 0 atom stereocenters. The summed E-state index contributed by atoms with van der Waals surface area (Å²) in [6.07, 6.45) is 0. The lowest BCUT2D eigenvalue weighted by Crippen LogP contribution is -2.29. The molecular weight excluding hydrogens is 308 g/mol. The molecule has 124 valence electrons. The molecule has 0 N–H and O–H groups in total. The van der Waals surface area contributed by atoms with Gasteiger partial charge in [-0.05, 0) is 43.3 Å². The van der Waals surface area contributed by atoms with Crippen molar-refractivity contribution in [3.63, 3.8) is 0 Å². The van der Waals surface area contributed by atoms with Gasteiger partial charge in [0.25, 0.3) is 0 Å². The molecule has 2 aromatic rings. The number of benzene rings is 2. The molecule has 0 unspecified atom stereocenters. The Morgan fingerprint density at radius 3 is 2.21 bits per heavy atom. The average molecular weight is 326 g/mol. The summed E-state index contributed by atoms with van der Waals surface area (Å²) in [7, 11) is 0. The smallest absolute Gasteiger partial charge is 0.338 e. The first-order valence-corrected chi connectivity index (χ1v) is 7.50. The highest BCUT2D eigenvalue weighted by molar-refractivity contribution is 5.88. The van der Waals surface area contributed by atoms with Crippen molar-refractivity contribution in [3.05, 3.63) is 54.6 Å². The Morgan fingerprint density at radius 2 is 1.54 bits per heavy atom. The Morgan fingerprint density at radius 1 is 0.958 bits per heavy atom. The van der Waals surface area contributed by atoms with E-state index in [0.717, 1.165) is 0 Å². The molecule has 1 heterocycles. The van der Waals surface area contributed by atoms with Gasteiger partial charge in [0.2, 0.25) is 5.79 Å². The molecule has 0 fully saturated rings. The topological polar surface area (TPSA) is 54.0 Å². The molecule has 0 bridgehead atoms. The van der Waals surface area contributed by atoms with Gasteiger partial charge in [-0.3, -0.25) is 0 Å². The molecule has 24 heavy (non-hydrogen) atoms. The Kier molecular flexibility index (Phi) is 3.93. The molecule has 2 aromatic carbocycles. The highest BCUT2D eigenvalue weighted by Gasteiger charge is 2.31. The largest absolute Gasteiger partial charge is 0.457 e. The second kappa shape index (κ2) is 5.92. The molecule has 3 rings (SSSR count). The number of carbonyl (C=O) groups is 1. The predicted molar refractivity (Wildman–Crippen MR) is 88.7 cm³/mol. The van der Waals surface area contributed by atoms with Crippen LogP contribution in [0.5, 0.6) is 28.7 Å². The molecule has 5 nitrogen and oxygen atoms in total. The van der Waals surface area contributed by atoms with Crippen LogP contribution in [0.2, 0.25) is 0 Å². The van der Waals surface area contributed by atoms with E-state index in [9.17, 15) is 4.79 Å². The summed E-state index contributed by atoms with van der Waals surface area (Å²) >= 11 is 0. The van der Waals surface area contributed by atoms with Crippen LogP contribution in [-0.2, 0) is 4.79 Å². The van der Waals surface area contributed by atoms with Crippen LogP contribution >= 0.6 is 0 Å². The van der Waals surface area contributed by atoms with Gasteiger partial charge < -0.3 is 18.9 Å². The summed E-state index contributed by atoms with van der Waals surface area (Å²) in [6, 6.07) is 12.1. The van der Waals surface area contributed by atoms with Crippen LogP contribution < -0.4 is 18.9 Å². The molecule has 1 aliphatic heterocycles. The zero-order valence-corrected chi connectivity index (χ0v) is 13.8. The highest BCUT2D eigenvalue weighted by Crippen LogP contribution is 2.42. The molecule has 1 aliphatic rings. The fourth-order valence-electron chi connectivity index (χ4n) is 2.17. The first-order valence-electron chi connectivity index (χ1n) is 7.50. The van der Waals surface area contributed by atoms with Crippen molar-refractivity contribution in [1.29, 1.82) is 0 Å². The molecule has 0 aromatic heterocycles. The van der Waals surface area contributed by atoms with Crippen molar-refractivity contribution >= 4 is 5.97 Å². The number of rotatable bonds is 4. The number of carbonyl (C=O) groups excluding carboxylic acids is 1. The van der Waals surface area contributed by atoms with Gasteiger partial charge in [-0.15, -0.1) is 0 Å². The summed E-state index contributed by atoms with van der Waals surface area (Å²) in [5.74, 6) is 1.88. The molecule has 5 heteroatoms. The summed E-state index contributed by atoms with van der Waals surface area (Å²) in [6.45, 7) is 8.83. The van der Waals surface area contributed by atoms with Crippen molar-refractivity contribution in [2.75, 3.05) is 0 Å². The third-order valence-corrected chi connectivity index (χ3v) is 3.25. The van der Waals surface area contributed by atoms with Crippen LogP contribution in [0, 0.1) is 0 Å². The number of esters is 1. The van der Waals surface area contributed by atoms with Crippen molar-refractivity contribution in [1.82, 2.24) is 0 Å². The standard InChI is InChI=1S/C19H18O5/c1-12(2)18(20)22-14-7-5-13(6-8-14)21-15-9-10-16-17(11-15)24-19(3,4)23-16/h5-11H,1H2,2-4H3. The maximum absolute atomic E-state index is 11.5. The SMILES string of the molecule is C=C(C)C(=O)Oc1ccc(Oc2ccc3c(c2)OC(C)(C)O3)cc1. The van der Waals surface area contributed by atoms with Gasteiger partial charge in [0, 0.05) is 25.5 Å². The van der Waals surface area contributed by atoms with Crippen LogP contribution in [0.15, 0.2) is 54.6 Å². The van der Waals surface area contributed by atoms with Gasteiger partial charge in [0.15, 0.2) is 11.5 Å². The van der Waals surface area contributed by atoms with E-state index >= 15 is 0 Å². The average Bonchev–Trinajstić information content (AvgIpc) is 2.82. The Hall–Kier alpha value is -2.95. The van der Waals surface area contributed by atoms with Gasteiger partial charge in [-0.25, -0.2) is 4.79 Å². The maximum Gasteiger partial charge on any atom is 0.338 e. The predicted octanol–water partition coefficient (Wildman–Crippen LogP) is 4.47. The fourth-order valence-corrected chi connectivity index (χ4v) is 2.17. The molecule has 0 spiro atoms. The highest BCUT2D eigenvalue weighted by atomic mass is 16.7. The fraction of sp³-hybridized carbons (Fsp3) is 0.211.